The topological polar surface area (TPSA) is 60.2 Å². The van der Waals surface area contributed by atoms with Crippen LogP contribution in [0.15, 0.2) is 77.9 Å². The van der Waals surface area contributed by atoms with E-state index in [-0.39, 0.29) is 0 Å². The van der Waals surface area contributed by atoms with Crippen molar-refractivity contribution in [2.45, 2.75) is 6.61 Å². The lowest BCUT2D eigenvalue weighted by atomic mass is 10.2. The zero-order valence-corrected chi connectivity index (χ0v) is 12.8. The number of nitrogens with one attached hydrogen (secondary N) is 1. The minimum Gasteiger partial charge on any atom is -0.489 e. The second kappa shape index (κ2) is 6.42. The van der Waals surface area contributed by atoms with Crippen LogP contribution in [0.4, 0.5) is 11.5 Å². The number of para-hydroxylation sites is 1. The minimum absolute atomic E-state index is 0.486. The number of fused-ring (bicyclic) bond motifs is 1. The Labute approximate surface area is 138 Å². The third-order valence-corrected chi connectivity index (χ3v) is 3.65. The van der Waals surface area contributed by atoms with Gasteiger partial charge < -0.3 is 14.5 Å². The molecular weight excluding hydrogens is 302 g/mol. The van der Waals surface area contributed by atoms with Gasteiger partial charge in [-0.1, -0.05) is 12.1 Å². The first kappa shape index (κ1) is 14.3. The summed E-state index contributed by atoms with van der Waals surface area (Å²) in [6.45, 7) is 0.486. The van der Waals surface area contributed by atoms with E-state index in [1.807, 2.05) is 54.6 Å². The predicted molar refractivity (Wildman–Crippen MR) is 92.3 cm³/mol. The average Bonchev–Trinajstić information content (AvgIpc) is 3.15. The molecule has 0 amide bonds. The van der Waals surface area contributed by atoms with Crippen molar-refractivity contribution in [3.63, 3.8) is 0 Å². The van der Waals surface area contributed by atoms with Gasteiger partial charge in [0.15, 0.2) is 0 Å². The van der Waals surface area contributed by atoms with Gasteiger partial charge in [-0.25, -0.2) is 9.97 Å². The van der Waals surface area contributed by atoms with E-state index in [0.29, 0.717) is 6.61 Å². The van der Waals surface area contributed by atoms with Crippen molar-refractivity contribution >= 4 is 22.4 Å². The van der Waals surface area contributed by atoms with E-state index < -0.39 is 0 Å². The molecule has 4 aromatic rings. The number of rotatable bonds is 5. The molecule has 0 aliphatic heterocycles. The van der Waals surface area contributed by atoms with Gasteiger partial charge in [-0.05, 0) is 42.5 Å². The molecule has 0 fully saturated rings. The summed E-state index contributed by atoms with van der Waals surface area (Å²) in [7, 11) is 0. The highest BCUT2D eigenvalue weighted by molar-refractivity contribution is 5.90. The second-order valence-corrected chi connectivity index (χ2v) is 5.31. The quantitative estimate of drug-likeness (QED) is 0.585. The highest BCUT2D eigenvalue weighted by Gasteiger charge is 2.04. The summed E-state index contributed by atoms with van der Waals surface area (Å²) in [5, 5.41) is 4.31. The van der Waals surface area contributed by atoms with Crippen molar-refractivity contribution in [2.24, 2.45) is 0 Å². The number of anilines is 2. The molecule has 0 aliphatic rings. The molecule has 0 saturated carbocycles. The van der Waals surface area contributed by atoms with E-state index in [0.717, 1.165) is 33.7 Å². The molecule has 24 heavy (non-hydrogen) atoms. The summed E-state index contributed by atoms with van der Waals surface area (Å²) in [5.74, 6) is 1.59. The highest BCUT2D eigenvalue weighted by atomic mass is 16.5. The fraction of sp³-hybridized carbons (Fsp3) is 0.0526. The number of benzene rings is 2. The van der Waals surface area contributed by atoms with Crippen LogP contribution in [0.3, 0.4) is 0 Å². The Bertz CT molecular complexity index is 929. The van der Waals surface area contributed by atoms with Crippen molar-refractivity contribution in [3.8, 4) is 5.75 Å². The van der Waals surface area contributed by atoms with E-state index >= 15 is 0 Å². The van der Waals surface area contributed by atoms with E-state index in [2.05, 4.69) is 15.3 Å². The van der Waals surface area contributed by atoms with Crippen molar-refractivity contribution in [1.82, 2.24) is 9.97 Å². The molecule has 4 rings (SSSR count). The number of furan rings is 1. The van der Waals surface area contributed by atoms with Gasteiger partial charge >= 0.3 is 0 Å². The molecule has 0 atom stereocenters. The predicted octanol–water partition coefficient (Wildman–Crippen LogP) is 4.55. The summed E-state index contributed by atoms with van der Waals surface area (Å²) in [5.41, 5.74) is 2.86. The Hall–Kier alpha value is -3.34. The highest BCUT2D eigenvalue weighted by Crippen LogP contribution is 2.24. The first-order valence-corrected chi connectivity index (χ1v) is 7.59. The standard InChI is InChI=1S/C19H15N3O2/c1-2-4-18-17(3-1)19(21-13-20-18)22-15-5-7-16(8-6-15)24-12-14-9-10-23-11-14/h1-11,13H,12H2,(H,20,21,22). The molecule has 0 spiro atoms. The molecule has 0 aliphatic carbocycles. The Morgan fingerprint density at radius 1 is 0.958 bits per heavy atom. The van der Waals surface area contributed by atoms with Gasteiger partial charge in [0.05, 0.1) is 18.0 Å². The van der Waals surface area contributed by atoms with Crippen molar-refractivity contribution in [2.75, 3.05) is 5.32 Å². The number of nitrogens with zero attached hydrogens (tertiary/aromatic N) is 2. The van der Waals surface area contributed by atoms with Gasteiger partial charge in [0.2, 0.25) is 0 Å². The fourth-order valence-electron chi connectivity index (χ4n) is 2.42. The lowest BCUT2D eigenvalue weighted by molar-refractivity contribution is 0.305. The smallest absolute Gasteiger partial charge is 0.141 e. The molecule has 0 radical (unpaired) electrons. The zero-order valence-electron chi connectivity index (χ0n) is 12.8. The fourth-order valence-corrected chi connectivity index (χ4v) is 2.42. The van der Waals surface area contributed by atoms with Crippen molar-refractivity contribution in [1.29, 1.82) is 0 Å². The second-order valence-electron chi connectivity index (χ2n) is 5.31. The SMILES string of the molecule is c1ccc2c(Nc3ccc(OCc4ccoc4)cc3)ncnc2c1. The maximum atomic E-state index is 5.71. The molecule has 1 N–H and O–H groups in total. The van der Waals surface area contributed by atoms with Crippen LogP contribution < -0.4 is 10.1 Å². The van der Waals surface area contributed by atoms with E-state index in [4.69, 9.17) is 9.15 Å². The maximum absolute atomic E-state index is 5.71. The summed E-state index contributed by atoms with van der Waals surface area (Å²) >= 11 is 0. The molecule has 0 bridgehead atoms. The molecule has 2 heterocycles. The Balaban J connectivity index is 1.48. The van der Waals surface area contributed by atoms with Gasteiger partial charge in [0.25, 0.3) is 0 Å². The van der Waals surface area contributed by atoms with Gasteiger partial charge in [-0.2, -0.15) is 0 Å². The van der Waals surface area contributed by atoms with Crippen LogP contribution in [0.2, 0.25) is 0 Å². The maximum Gasteiger partial charge on any atom is 0.141 e. The molecule has 2 aromatic carbocycles. The summed E-state index contributed by atoms with van der Waals surface area (Å²) < 4.78 is 10.7. The summed E-state index contributed by atoms with van der Waals surface area (Å²) in [4.78, 5) is 8.60. The first-order chi connectivity index (χ1) is 11.9. The lowest BCUT2D eigenvalue weighted by Crippen LogP contribution is -1.97. The number of hydrogen-bond donors (Lipinski definition) is 1. The van der Waals surface area contributed by atoms with Crippen LogP contribution >= 0.6 is 0 Å². The van der Waals surface area contributed by atoms with Crippen molar-refractivity contribution < 1.29 is 9.15 Å². The Morgan fingerprint density at radius 2 is 1.83 bits per heavy atom. The van der Waals surface area contributed by atoms with E-state index in [9.17, 15) is 0 Å². The van der Waals surface area contributed by atoms with Gasteiger partial charge in [-0.3, -0.25) is 0 Å². The molecule has 0 unspecified atom stereocenters. The first-order valence-electron chi connectivity index (χ1n) is 7.59. The van der Waals surface area contributed by atoms with Crippen LogP contribution in [0, 0.1) is 0 Å². The monoisotopic (exact) mass is 317 g/mol. The van der Waals surface area contributed by atoms with Crippen LogP contribution in [-0.4, -0.2) is 9.97 Å². The molecule has 5 heteroatoms. The molecule has 0 saturated heterocycles. The molecule has 2 aromatic heterocycles. The summed E-state index contributed by atoms with van der Waals surface area (Å²) in [6, 6.07) is 17.6. The van der Waals surface area contributed by atoms with Crippen LogP contribution in [0.1, 0.15) is 5.56 Å². The number of aromatic nitrogens is 2. The van der Waals surface area contributed by atoms with Crippen molar-refractivity contribution in [3.05, 3.63) is 79.0 Å². The van der Waals surface area contributed by atoms with Crippen LogP contribution in [0.5, 0.6) is 5.75 Å². The van der Waals surface area contributed by atoms with Crippen LogP contribution in [-0.2, 0) is 6.61 Å². The average molecular weight is 317 g/mol. The van der Waals surface area contributed by atoms with Crippen LogP contribution in [0.25, 0.3) is 10.9 Å². The minimum atomic E-state index is 0.486. The van der Waals surface area contributed by atoms with Gasteiger partial charge in [-0.15, -0.1) is 0 Å². The molecule has 118 valence electrons. The third kappa shape index (κ3) is 3.05. The molecule has 5 nitrogen and oxygen atoms in total. The number of ether oxygens (including phenoxy) is 1. The lowest BCUT2D eigenvalue weighted by Gasteiger charge is -2.09. The Kier molecular flexibility index (Phi) is 3.81. The zero-order chi connectivity index (χ0) is 16.2. The van der Waals surface area contributed by atoms with Gasteiger partial charge in [0.1, 0.15) is 24.5 Å². The van der Waals surface area contributed by atoms with E-state index in [1.165, 1.54) is 0 Å². The normalized spacial score (nSPS) is 10.7. The van der Waals surface area contributed by atoms with E-state index in [1.54, 1.807) is 18.9 Å². The third-order valence-electron chi connectivity index (χ3n) is 3.65. The molecular formula is C19H15N3O2. The largest absolute Gasteiger partial charge is 0.489 e. The van der Waals surface area contributed by atoms with Gasteiger partial charge in [0, 0.05) is 16.6 Å². The Morgan fingerprint density at radius 3 is 2.67 bits per heavy atom. The number of hydrogen-bond acceptors (Lipinski definition) is 5. The summed E-state index contributed by atoms with van der Waals surface area (Å²) in [6.07, 6.45) is 4.88.